The summed E-state index contributed by atoms with van der Waals surface area (Å²) in [6.07, 6.45) is 0.404. The molecule has 0 saturated carbocycles. The van der Waals surface area contributed by atoms with Crippen LogP contribution in [0.15, 0.2) is 29.1 Å². The summed E-state index contributed by atoms with van der Waals surface area (Å²) in [6.45, 7) is 6.06. The average molecular weight is 355 g/mol. The van der Waals surface area contributed by atoms with Crippen LogP contribution in [0.3, 0.4) is 0 Å². The SMILES string of the molecule is CCc1c(-c2ccc(N3CC4(CNC4)C3)cc2)[nH]c(=O)c(C(=O)O)c1O. The predicted octanol–water partition coefficient (Wildman–Crippen LogP) is 1.42. The van der Waals surface area contributed by atoms with Crippen LogP contribution in [0.2, 0.25) is 0 Å². The lowest BCUT2D eigenvalue weighted by Crippen LogP contribution is -2.71. The Morgan fingerprint density at radius 3 is 2.38 bits per heavy atom. The first-order valence-corrected chi connectivity index (χ1v) is 8.71. The van der Waals surface area contributed by atoms with Gasteiger partial charge in [0, 0.05) is 42.8 Å². The third kappa shape index (κ3) is 2.47. The average Bonchev–Trinajstić information content (AvgIpc) is 2.52. The van der Waals surface area contributed by atoms with E-state index in [0.29, 0.717) is 23.1 Å². The molecule has 7 nitrogen and oxygen atoms in total. The first-order chi connectivity index (χ1) is 12.4. The maximum Gasteiger partial charge on any atom is 0.345 e. The molecular weight excluding hydrogens is 334 g/mol. The minimum atomic E-state index is -1.43. The zero-order valence-electron chi connectivity index (χ0n) is 14.5. The first-order valence-electron chi connectivity index (χ1n) is 8.71. The van der Waals surface area contributed by atoms with E-state index in [4.69, 9.17) is 5.11 Å². The molecule has 26 heavy (non-hydrogen) atoms. The molecule has 2 fully saturated rings. The standard InChI is InChI=1S/C19H21N3O4/c1-2-13-15(21-17(24)14(16(13)23)18(25)26)11-3-5-12(6-4-11)22-9-19(10-22)7-20-8-19/h3-6,20H,2,7-10H2,1H3,(H,25,26)(H2,21,23,24). The largest absolute Gasteiger partial charge is 0.506 e. The lowest BCUT2D eigenvalue weighted by Gasteiger charge is -2.57. The fraction of sp³-hybridized carbons (Fsp3) is 0.368. The maximum atomic E-state index is 12.1. The van der Waals surface area contributed by atoms with Crippen molar-refractivity contribution in [1.82, 2.24) is 10.3 Å². The molecule has 0 unspecified atom stereocenters. The number of nitrogens with one attached hydrogen (secondary N) is 2. The molecule has 7 heteroatoms. The zero-order chi connectivity index (χ0) is 18.5. The second-order valence-corrected chi connectivity index (χ2v) is 7.20. The number of carboxylic acids is 1. The smallest absolute Gasteiger partial charge is 0.345 e. The molecule has 0 radical (unpaired) electrons. The van der Waals surface area contributed by atoms with Crippen molar-refractivity contribution >= 4 is 11.7 Å². The number of rotatable bonds is 4. The first kappa shape index (κ1) is 16.7. The van der Waals surface area contributed by atoms with Gasteiger partial charge in [0.15, 0.2) is 5.56 Å². The van der Waals surface area contributed by atoms with Crippen molar-refractivity contribution in [1.29, 1.82) is 0 Å². The van der Waals surface area contributed by atoms with Crippen molar-refractivity contribution in [2.75, 3.05) is 31.1 Å². The molecule has 2 saturated heterocycles. The molecule has 1 aromatic heterocycles. The van der Waals surface area contributed by atoms with Gasteiger partial charge < -0.3 is 25.4 Å². The monoisotopic (exact) mass is 355 g/mol. The Morgan fingerprint density at radius 1 is 1.23 bits per heavy atom. The third-order valence-corrected chi connectivity index (χ3v) is 5.43. The fourth-order valence-corrected chi connectivity index (χ4v) is 3.90. The molecule has 2 aliphatic heterocycles. The summed E-state index contributed by atoms with van der Waals surface area (Å²) in [6, 6.07) is 7.77. The number of H-pyrrole nitrogens is 1. The molecule has 1 spiro atoms. The summed E-state index contributed by atoms with van der Waals surface area (Å²) in [5.41, 5.74) is 1.80. The summed E-state index contributed by atoms with van der Waals surface area (Å²) in [4.78, 5) is 28.2. The highest BCUT2D eigenvalue weighted by Crippen LogP contribution is 2.38. The van der Waals surface area contributed by atoms with E-state index in [9.17, 15) is 14.7 Å². The number of benzene rings is 1. The second-order valence-electron chi connectivity index (χ2n) is 7.20. The second kappa shape index (κ2) is 5.88. The molecule has 0 bridgehead atoms. The number of carbonyl (C=O) groups is 1. The fourth-order valence-electron chi connectivity index (χ4n) is 3.90. The Morgan fingerprint density at radius 2 is 1.88 bits per heavy atom. The Bertz CT molecular complexity index is 921. The van der Waals surface area contributed by atoms with Crippen LogP contribution >= 0.6 is 0 Å². The van der Waals surface area contributed by atoms with E-state index in [-0.39, 0.29) is 0 Å². The van der Waals surface area contributed by atoms with Gasteiger partial charge in [0.2, 0.25) is 0 Å². The van der Waals surface area contributed by atoms with Crippen LogP contribution in [0, 0.1) is 5.41 Å². The quantitative estimate of drug-likeness (QED) is 0.661. The van der Waals surface area contributed by atoms with Gasteiger partial charge in [-0.05, 0) is 24.1 Å². The number of anilines is 1. The van der Waals surface area contributed by atoms with Crippen molar-refractivity contribution in [2.45, 2.75) is 13.3 Å². The number of aromatic carboxylic acids is 1. The molecular formula is C19H21N3O4. The molecule has 4 N–H and O–H groups in total. The minimum Gasteiger partial charge on any atom is -0.506 e. The molecule has 1 aromatic carbocycles. The molecule has 0 amide bonds. The number of pyridine rings is 1. The van der Waals surface area contributed by atoms with E-state index in [0.717, 1.165) is 37.4 Å². The molecule has 136 valence electrons. The molecule has 0 atom stereocenters. The van der Waals surface area contributed by atoms with E-state index in [1.807, 2.05) is 31.2 Å². The third-order valence-electron chi connectivity index (χ3n) is 5.43. The number of hydrogen-bond acceptors (Lipinski definition) is 5. The zero-order valence-corrected chi connectivity index (χ0v) is 14.5. The van der Waals surface area contributed by atoms with E-state index in [2.05, 4.69) is 15.2 Å². The molecule has 4 rings (SSSR count). The number of aromatic hydroxyl groups is 1. The van der Waals surface area contributed by atoms with Crippen LogP contribution in [-0.4, -0.2) is 47.3 Å². The van der Waals surface area contributed by atoms with Gasteiger partial charge >= 0.3 is 5.97 Å². The van der Waals surface area contributed by atoms with Gasteiger partial charge in [-0.25, -0.2) is 4.79 Å². The van der Waals surface area contributed by atoms with E-state index in [1.54, 1.807) is 0 Å². The maximum absolute atomic E-state index is 12.1. The van der Waals surface area contributed by atoms with Gasteiger partial charge in [-0.3, -0.25) is 4.79 Å². The van der Waals surface area contributed by atoms with E-state index >= 15 is 0 Å². The predicted molar refractivity (Wildman–Crippen MR) is 98.0 cm³/mol. The van der Waals surface area contributed by atoms with Crippen LogP contribution in [-0.2, 0) is 6.42 Å². The molecule has 0 aliphatic carbocycles. The normalized spacial score (nSPS) is 17.7. The van der Waals surface area contributed by atoms with Gasteiger partial charge in [-0.2, -0.15) is 0 Å². The van der Waals surface area contributed by atoms with Gasteiger partial charge in [0.25, 0.3) is 5.56 Å². The number of aromatic nitrogens is 1. The Balaban J connectivity index is 1.65. The molecule has 2 aromatic rings. The Kier molecular flexibility index (Phi) is 3.77. The van der Waals surface area contributed by atoms with Gasteiger partial charge in [0.05, 0.1) is 5.69 Å². The lowest BCUT2D eigenvalue weighted by molar-refractivity contribution is 0.0691. The van der Waals surface area contributed by atoms with Crippen molar-refractivity contribution < 1.29 is 15.0 Å². The Labute approximate surface area is 150 Å². The van der Waals surface area contributed by atoms with Crippen LogP contribution in [0.1, 0.15) is 22.8 Å². The van der Waals surface area contributed by atoms with Crippen LogP contribution in [0.25, 0.3) is 11.3 Å². The summed E-state index contributed by atoms with van der Waals surface area (Å²) in [7, 11) is 0. The summed E-state index contributed by atoms with van der Waals surface area (Å²) in [5.74, 6) is -1.89. The van der Waals surface area contributed by atoms with Gasteiger partial charge in [-0.1, -0.05) is 19.1 Å². The lowest BCUT2D eigenvalue weighted by atomic mass is 9.74. The number of aromatic amines is 1. The summed E-state index contributed by atoms with van der Waals surface area (Å²) >= 11 is 0. The van der Waals surface area contributed by atoms with Crippen molar-refractivity contribution in [3.63, 3.8) is 0 Å². The van der Waals surface area contributed by atoms with Gasteiger partial charge in [-0.15, -0.1) is 0 Å². The molecule has 3 heterocycles. The van der Waals surface area contributed by atoms with Gasteiger partial charge in [0.1, 0.15) is 5.75 Å². The van der Waals surface area contributed by atoms with Crippen LogP contribution < -0.4 is 15.8 Å². The van der Waals surface area contributed by atoms with E-state index in [1.165, 1.54) is 0 Å². The summed E-state index contributed by atoms with van der Waals surface area (Å²) in [5, 5.41) is 22.7. The minimum absolute atomic E-state index is 0.404. The highest BCUT2D eigenvalue weighted by molar-refractivity contribution is 5.92. The topological polar surface area (TPSA) is 106 Å². The van der Waals surface area contributed by atoms with E-state index < -0.39 is 22.8 Å². The number of carboxylic acid groups (broad SMARTS) is 1. The Hall–Kier alpha value is -2.80. The highest BCUT2D eigenvalue weighted by Gasteiger charge is 2.47. The van der Waals surface area contributed by atoms with Crippen molar-refractivity contribution in [2.24, 2.45) is 5.41 Å². The van der Waals surface area contributed by atoms with Crippen molar-refractivity contribution in [3.05, 3.63) is 45.7 Å². The summed E-state index contributed by atoms with van der Waals surface area (Å²) < 4.78 is 0. The number of nitrogens with zero attached hydrogens (tertiary/aromatic N) is 1. The van der Waals surface area contributed by atoms with Crippen LogP contribution in [0.5, 0.6) is 5.75 Å². The van der Waals surface area contributed by atoms with Crippen molar-refractivity contribution in [3.8, 4) is 17.0 Å². The van der Waals surface area contributed by atoms with Crippen LogP contribution in [0.4, 0.5) is 5.69 Å². The highest BCUT2D eigenvalue weighted by atomic mass is 16.4. The molecule has 2 aliphatic rings. The number of hydrogen-bond donors (Lipinski definition) is 4.